The van der Waals surface area contributed by atoms with Crippen molar-refractivity contribution < 1.29 is 14.7 Å². The van der Waals surface area contributed by atoms with Crippen molar-refractivity contribution in [3.8, 4) is 0 Å². The molecule has 1 amide bonds. The molecule has 0 aliphatic carbocycles. The van der Waals surface area contributed by atoms with Crippen LogP contribution in [0.3, 0.4) is 0 Å². The van der Waals surface area contributed by atoms with Crippen LogP contribution in [0.5, 0.6) is 0 Å². The maximum atomic E-state index is 11.9. The van der Waals surface area contributed by atoms with Gasteiger partial charge in [-0.25, -0.2) is 4.68 Å². The second-order valence-electron chi connectivity index (χ2n) is 4.36. The number of carboxylic acids is 1. The van der Waals surface area contributed by atoms with Gasteiger partial charge in [0.1, 0.15) is 6.54 Å². The third-order valence-corrected chi connectivity index (χ3v) is 3.09. The lowest BCUT2D eigenvalue weighted by Crippen LogP contribution is -2.19. The molecule has 110 valence electrons. The highest BCUT2D eigenvalue weighted by atomic mass is 79.9. The summed E-state index contributed by atoms with van der Waals surface area (Å²) < 4.78 is 2.25. The number of aliphatic carboxylic acids is 1. The number of hydrogen-bond donors (Lipinski definition) is 2. The Bertz CT molecular complexity index is 656. The first-order valence-corrected chi connectivity index (χ1v) is 6.98. The summed E-state index contributed by atoms with van der Waals surface area (Å²) in [5, 5.41) is 19.0. The molecule has 0 atom stereocenters. The number of aromatic nitrogens is 3. The summed E-state index contributed by atoms with van der Waals surface area (Å²) in [5.41, 5.74) is 1.23. The van der Waals surface area contributed by atoms with E-state index in [9.17, 15) is 9.59 Å². The SMILES string of the molecule is O=C(O)CCc1cn(CC(=O)Nc2cccc(Br)c2)nn1. The molecule has 0 radical (unpaired) electrons. The molecule has 0 spiro atoms. The van der Waals surface area contributed by atoms with Gasteiger partial charge in [-0.1, -0.05) is 27.2 Å². The van der Waals surface area contributed by atoms with E-state index in [0.29, 0.717) is 17.8 Å². The van der Waals surface area contributed by atoms with Crippen LogP contribution in [0.2, 0.25) is 0 Å². The van der Waals surface area contributed by atoms with Gasteiger partial charge in [-0.05, 0) is 18.2 Å². The fraction of sp³-hybridized carbons (Fsp3) is 0.231. The van der Waals surface area contributed by atoms with E-state index in [0.717, 1.165) is 4.47 Å². The molecule has 0 bridgehead atoms. The van der Waals surface area contributed by atoms with Crippen molar-refractivity contribution in [2.75, 3.05) is 5.32 Å². The summed E-state index contributed by atoms with van der Waals surface area (Å²) in [6.45, 7) is 0.0204. The lowest BCUT2D eigenvalue weighted by atomic mass is 10.2. The number of carboxylic acid groups (broad SMARTS) is 1. The quantitative estimate of drug-likeness (QED) is 0.824. The fourth-order valence-corrected chi connectivity index (χ4v) is 2.08. The zero-order valence-corrected chi connectivity index (χ0v) is 12.6. The predicted molar refractivity (Wildman–Crippen MR) is 78.8 cm³/mol. The van der Waals surface area contributed by atoms with Crippen molar-refractivity contribution in [1.29, 1.82) is 0 Å². The van der Waals surface area contributed by atoms with E-state index in [-0.39, 0.29) is 18.9 Å². The molecule has 2 aromatic rings. The van der Waals surface area contributed by atoms with Gasteiger partial charge in [0.05, 0.1) is 12.1 Å². The summed E-state index contributed by atoms with van der Waals surface area (Å²) in [4.78, 5) is 22.3. The lowest BCUT2D eigenvalue weighted by Gasteiger charge is -2.05. The molecule has 0 aliphatic rings. The first-order chi connectivity index (χ1) is 10.0. The third-order valence-electron chi connectivity index (χ3n) is 2.60. The Kier molecular flexibility index (Phi) is 5.04. The molecule has 8 heteroatoms. The molecule has 2 N–H and O–H groups in total. The third kappa shape index (κ3) is 4.99. The van der Waals surface area contributed by atoms with Crippen LogP contribution in [0.4, 0.5) is 5.69 Å². The van der Waals surface area contributed by atoms with E-state index >= 15 is 0 Å². The average Bonchev–Trinajstić information content (AvgIpc) is 2.83. The van der Waals surface area contributed by atoms with Crippen LogP contribution < -0.4 is 5.32 Å². The number of rotatable bonds is 6. The number of aryl methyl sites for hydroxylation is 1. The van der Waals surface area contributed by atoms with Gasteiger partial charge in [-0.3, -0.25) is 9.59 Å². The van der Waals surface area contributed by atoms with E-state index in [4.69, 9.17) is 5.11 Å². The van der Waals surface area contributed by atoms with Gasteiger partial charge >= 0.3 is 5.97 Å². The van der Waals surface area contributed by atoms with Crippen LogP contribution in [-0.4, -0.2) is 32.0 Å². The Morgan fingerprint density at radius 3 is 2.90 bits per heavy atom. The number of benzene rings is 1. The summed E-state index contributed by atoms with van der Waals surface area (Å²) in [6, 6.07) is 7.25. The van der Waals surface area contributed by atoms with E-state index in [1.165, 1.54) is 4.68 Å². The Hall–Kier alpha value is -2.22. The molecule has 2 rings (SSSR count). The molecule has 21 heavy (non-hydrogen) atoms. The predicted octanol–water partition coefficient (Wildman–Crippen LogP) is 1.70. The molecule has 0 saturated heterocycles. The number of carbonyl (C=O) groups excluding carboxylic acids is 1. The van der Waals surface area contributed by atoms with Gasteiger partial charge in [0.15, 0.2) is 0 Å². The van der Waals surface area contributed by atoms with Crippen molar-refractivity contribution in [3.63, 3.8) is 0 Å². The van der Waals surface area contributed by atoms with E-state index in [1.54, 1.807) is 18.3 Å². The smallest absolute Gasteiger partial charge is 0.303 e. The zero-order valence-electron chi connectivity index (χ0n) is 11.0. The monoisotopic (exact) mass is 352 g/mol. The largest absolute Gasteiger partial charge is 0.481 e. The van der Waals surface area contributed by atoms with Crippen LogP contribution >= 0.6 is 15.9 Å². The molecule has 0 fully saturated rings. The number of halogens is 1. The van der Waals surface area contributed by atoms with Crippen LogP contribution in [0, 0.1) is 0 Å². The van der Waals surface area contributed by atoms with Gasteiger partial charge < -0.3 is 10.4 Å². The summed E-state index contributed by atoms with van der Waals surface area (Å²) >= 11 is 3.32. The molecule has 1 aromatic carbocycles. The average molecular weight is 353 g/mol. The Balaban J connectivity index is 1.89. The van der Waals surface area contributed by atoms with Gasteiger partial charge in [-0.15, -0.1) is 5.10 Å². The molecule has 1 heterocycles. The Morgan fingerprint density at radius 2 is 2.19 bits per heavy atom. The van der Waals surface area contributed by atoms with Crippen molar-refractivity contribution in [2.45, 2.75) is 19.4 Å². The van der Waals surface area contributed by atoms with Crippen molar-refractivity contribution in [3.05, 3.63) is 40.6 Å². The molecule has 0 unspecified atom stereocenters. The van der Waals surface area contributed by atoms with Crippen LogP contribution in [0.15, 0.2) is 34.9 Å². The van der Waals surface area contributed by atoms with E-state index in [1.807, 2.05) is 12.1 Å². The number of nitrogens with one attached hydrogen (secondary N) is 1. The number of nitrogens with zero attached hydrogens (tertiary/aromatic N) is 3. The Morgan fingerprint density at radius 1 is 1.38 bits per heavy atom. The fourth-order valence-electron chi connectivity index (χ4n) is 1.68. The number of anilines is 1. The molecule has 0 saturated carbocycles. The van der Waals surface area contributed by atoms with Gasteiger partial charge in [0.25, 0.3) is 0 Å². The van der Waals surface area contributed by atoms with E-state index < -0.39 is 5.97 Å². The number of carbonyl (C=O) groups is 2. The minimum Gasteiger partial charge on any atom is -0.481 e. The molecule has 1 aromatic heterocycles. The van der Waals surface area contributed by atoms with Gasteiger partial charge in [-0.2, -0.15) is 0 Å². The first-order valence-electron chi connectivity index (χ1n) is 6.19. The maximum absolute atomic E-state index is 11.9. The molecular formula is C13H13BrN4O3. The summed E-state index contributed by atoms with van der Waals surface area (Å²) in [6.07, 6.45) is 1.86. The van der Waals surface area contributed by atoms with Gasteiger partial charge in [0.2, 0.25) is 5.91 Å². The summed E-state index contributed by atoms with van der Waals surface area (Å²) in [5.74, 6) is -1.13. The highest BCUT2D eigenvalue weighted by molar-refractivity contribution is 9.10. The van der Waals surface area contributed by atoms with Crippen molar-refractivity contribution >= 4 is 33.5 Å². The Labute approximate surface area is 129 Å². The number of hydrogen-bond acceptors (Lipinski definition) is 4. The summed E-state index contributed by atoms with van der Waals surface area (Å²) in [7, 11) is 0. The second-order valence-corrected chi connectivity index (χ2v) is 5.28. The second kappa shape index (κ2) is 6.98. The highest BCUT2D eigenvalue weighted by Crippen LogP contribution is 2.15. The van der Waals surface area contributed by atoms with Crippen molar-refractivity contribution in [2.24, 2.45) is 0 Å². The van der Waals surface area contributed by atoms with Crippen LogP contribution in [-0.2, 0) is 22.6 Å². The minimum absolute atomic E-state index is 0.0110. The van der Waals surface area contributed by atoms with Crippen LogP contribution in [0.25, 0.3) is 0 Å². The highest BCUT2D eigenvalue weighted by Gasteiger charge is 2.08. The first kappa shape index (κ1) is 15.2. The molecular weight excluding hydrogens is 340 g/mol. The normalized spacial score (nSPS) is 10.3. The zero-order chi connectivity index (χ0) is 15.2. The minimum atomic E-state index is -0.892. The lowest BCUT2D eigenvalue weighted by molar-refractivity contribution is -0.137. The standard InChI is InChI=1S/C13H13BrN4O3/c14-9-2-1-3-10(6-9)15-12(19)8-18-7-11(16-17-18)4-5-13(20)21/h1-3,6-7H,4-5,8H2,(H,15,19)(H,20,21). The maximum Gasteiger partial charge on any atom is 0.303 e. The molecule has 0 aliphatic heterocycles. The number of amides is 1. The van der Waals surface area contributed by atoms with E-state index in [2.05, 4.69) is 31.6 Å². The topological polar surface area (TPSA) is 97.1 Å². The molecule has 7 nitrogen and oxygen atoms in total. The van der Waals surface area contributed by atoms with Crippen LogP contribution in [0.1, 0.15) is 12.1 Å². The van der Waals surface area contributed by atoms with Gasteiger partial charge in [0, 0.05) is 22.8 Å². The van der Waals surface area contributed by atoms with Crippen molar-refractivity contribution in [1.82, 2.24) is 15.0 Å².